The van der Waals surface area contributed by atoms with Crippen LogP contribution in [0.2, 0.25) is 0 Å². The summed E-state index contributed by atoms with van der Waals surface area (Å²) < 4.78 is 10.6. The highest BCUT2D eigenvalue weighted by Crippen LogP contribution is 2.35. The molecule has 0 unspecified atom stereocenters. The van der Waals surface area contributed by atoms with Crippen LogP contribution < -0.4 is 9.47 Å². The smallest absolute Gasteiger partial charge is 0.231 e. The van der Waals surface area contributed by atoms with Gasteiger partial charge in [0, 0.05) is 0 Å². The van der Waals surface area contributed by atoms with Crippen LogP contribution >= 0.6 is 0 Å². The van der Waals surface area contributed by atoms with Gasteiger partial charge >= 0.3 is 0 Å². The zero-order valence-corrected chi connectivity index (χ0v) is 8.77. The predicted molar refractivity (Wildman–Crippen MR) is 62.5 cm³/mol. The van der Waals surface area contributed by atoms with Crippen molar-refractivity contribution in [1.82, 2.24) is 0 Å². The van der Waals surface area contributed by atoms with Crippen molar-refractivity contribution < 1.29 is 9.47 Å². The first-order chi connectivity index (χ1) is 7.83. The monoisotopic (exact) mass is 211 g/mol. The Hall–Kier alpha value is -1.96. The van der Waals surface area contributed by atoms with Crippen molar-refractivity contribution in [3.63, 3.8) is 0 Å². The summed E-state index contributed by atoms with van der Waals surface area (Å²) in [6.45, 7) is 4.18. The topological polar surface area (TPSA) is 18.5 Å². The molecule has 0 aliphatic carbocycles. The molecule has 16 heavy (non-hydrogen) atoms. The summed E-state index contributed by atoms with van der Waals surface area (Å²) in [6, 6.07) is 14.1. The van der Waals surface area contributed by atoms with Crippen LogP contribution in [0, 0.1) is 6.92 Å². The predicted octanol–water partition coefficient (Wildman–Crippen LogP) is 3.26. The first-order valence-corrected chi connectivity index (χ1v) is 5.15. The van der Waals surface area contributed by atoms with Crippen LogP contribution in [0.3, 0.4) is 0 Å². The van der Waals surface area contributed by atoms with E-state index in [9.17, 15) is 0 Å². The molecule has 0 amide bonds. The van der Waals surface area contributed by atoms with Crippen LogP contribution in [-0.2, 0) is 0 Å². The third-order valence-electron chi connectivity index (χ3n) is 2.66. The van der Waals surface area contributed by atoms with E-state index in [1.165, 1.54) is 0 Å². The minimum Gasteiger partial charge on any atom is -0.454 e. The second-order valence-corrected chi connectivity index (χ2v) is 3.76. The Morgan fingerprint density at radius 1 is 0.812 bits per heavy atom. The Labute approximate surface area is 94.4 Å². The molecular weight excluding hydrogens is 200 g/mol. The minimum absolute atomic E-state index is 0.316. The molecule has 0 atom stereocenters. The highest BCUT2D eigenvalue weighted by Gasteiger charge is 2.13. The molecule has 2 nitrogen and oxygen atoms in total. The largest absolute Gasteiger partial charge is 0.454 e. The second-order valence-electron chi connectivity index (χ2n) is 3.76. The lowest BCUT2D eigenvalue weighted by Gasteiger charge is -2.03. The fourth-order valence-electron chi connectivity index (χ4n) is 1.77. The van der Waals surface area contributed by atoms with Crippen LogP contribution in [0.1, 0.15) is 5.56 Å². The molecule has 2 aromatic carbocycles. The molecule has 0 aromatic heterocycles. The number of benzene rings is 2. The quantitative estimate of drug-likeness (QED) is 0.720. The van der Waals surface area contributed by atoms with Crippen molar-refractivity contribution in [1.29, 1.82) is 0 Å². The van der Waals surface area contributed by atoms with E-state index in [-0.39, 0.29) is 0 Å². The molecule has 0 spiro atoms. The van der Waals surface area contributed by atoms with Gasteiger partial charge in [0.25, 0.3) is 0 Å². The lowest BCUT2D eigenvalue weighted by molar-refractivity contribution is 0.174. The van der Waals surface area contributed by atoms with E-state index in [0.717, 1.165) is 28.2 Å². The normalized spacial score (nSPS) is 12.8. The fourth-order valence-corrected chi connectivity index (χ4v) is 1.77. The molecule has 1 aliphatic rings. The Morgan fingerprint density at radius 3 is 2.31 bits per heavy atom. The SMILES string of the molecule is [CH2]c1ccc(-c2ccc3c(c2)OCO3)cc1. The summed E-state index contributed by atoms with van der Waals surface area (Å²) in [6.07, 6.45) is 0. The first-order valence-electron chi connectivity index (χ1n) is 5.15. The maximum Gasteiger partial charge on any atom is 0.231 e. The first kappa shape index (κ1) is 9.28. The highest BCUT2D eigenvalue weighted by molar-refractivity contribution is 5.67. The summed E-state index contributed by atoms with van der Waals surface area (Å²) >= 11 is 0. The van der Waals surface area contributed by atoms with Crippen molar-refractivity contribution in [2.45, 2.75) is 0 Å². The third kappa shape index (κ3) is 1.52. The molecule has 2 heteroatoms. The van der Waals surface area contributed by atoms with E-state index in [2.05, 4.69) is 19.1 Å². The standard InChI is InChI=1S/C14H11O2/c1-10-2-4-11(5-3-10)12-6-7-13-14(8-12)16-9-15-13/h2-8H,1,9H2. The van der Waals surface area contributed by atoms with Crippen LogP contribution in [0.5, 0.6) is 11.5 Å². The fraction of sp³-hybridized carbons (Fsp3) is 0.0714. The maximum atomic E-state index is 5.35. The number of hydrogen-bond donors (Lipinski definition) is 0. The van der Waals surface area contributed by atoms with E-state index in [4.69, 9.17) is 9.47 Å². The molecule has 0 bridgehead atoms. The zero-order valence-electron chi connectivity index (χ0n) is 8.77. The van der Waals surface area contributed by atoms with Gasteiger partial charge in [-0.2, -0.15) is 0 Å². The average molecular weight is 211 g/mol. The molecule has 3 rings (SSSR count). The number of ether oxygens (including phenoxy) is 2. The van der Waals surface area contributed by atoms with E-state index in [0.29, 0.717) is 6.79 Å². The van der Waals surface area contributed by atoms with Gasteiger partial charge in [0.2, 0.25) is 6.79 Å². The van der Waals surface area contributed by atoms with E-state index >= 15 is 0 Å². The van der Waals surface area contributed by atoms with Gasteiger partial charge in [0.15, 0.2) is 11.5 Å². The molecular formula is C14H11O2. The molecule has 1 heterocycles. The Balaban J connectivity index is 2.03. The second kappa shape index (κ2) is 3.56. The molecule has 1 aliphatic heterocycles. The van der Waals surface area contributed by atoms with Crippen LogP contribution in [0.15, 0.2) is 42.5 Å². The summed E-state index contributed by atoms with van der Waals surface area (Å²) in [5.41, 5.74) is 3.31. The number of hydrogen-bond acceptors (Lipinski definition) is 2. The molecule has 1 radical (unpaired) electrons. The van der Waals surface area contributed by atoms with Crippen molar-refractivity contribution in [2.75, 3.05) is 6.79 Å². The Kier molecular flexibility index (Phi) is 2.07. The van der Waals surface area contributed by atoms with Crippen LogP contribution in [-0.4, -0.2) is 6.79 Å². The van der Waals surface area contributed by atoms with E-state index in [1.54, 1.807) is 0 Å². The lowest BCUT2D eigenvalue weighted by atomic mass is 10.0. The van der Waals surface area contributed by atoms with Gasteiger partial charge in [-0.15, -0.1) is 0 Å². The summed E-state index contributed by atoms with van der Waals surface area (Å²) in [7, 11) is 0. The van der Waals surface area contributed by atoms with Crippen molar-refractivity contribution >= 4 is 0 Å². The van der Waals surface area contributed by atoms with Crippen molar-refractivity contribution in [2.24, 2.45) is 0 Å². The molecule has 79 valence electrons. The van der Waals surface area contributed by atoms with E-state index in [1.807, 2.05) is 30.3 Å². The van der Waals surface area contributed by atoms with Gasteiger partial charge in [-0.05, 0) is 35.7 Å². The maximum absolute atomic E-state index is 5.35. The van der Waals surface area contributed by atoms with Crippen LogP contribution in [0.4, 0.5) is 0 Å². The average Bonchev–Trinajstić information content (AvgIpc) is 2.77. The van der Waals surface area contributed by atoms with Crippen molar-refractivity contribution in [3.05, 3.63) is 55.0 Å². The van der Waals surface area contributed by atoms with Gasteiger partial charge in [-0.3, -0.25) is 0 Å². The minimum atomic E-state index is 0.316. The summed E-state index contributed by atoms with van der Waals surface area (Å²) in [5.74, 6) is 1.63. The van der Waals surface area contributed by atoms with E-state index < -0.39 is 0 Å². The Bertz CT molecular complexity index is 515. The van der Waals surface area contributed by atoms with Crippen LogP contribution in [0.25, 0.3) is 11.1 Å². The molecule has 2 aromatic rings. The Morgan fingerprint density at radius 2 is 1.50 bits per heavy atom. The molecule has 0 saturated carbocycles. The zero-order chi connectivity index (χ0) is 11.0. The molecule has 0 N–H and O–H groups in total. The number of rotatable bonds is 1. The lowest BCUT2D eigenvalue weighted by Crippen LogP contribution is -1.92. The van der Waals surface area contributed by atoms with Gasteiger partial charge in [0.05, 0.1) is 0 Å². The summed E-state index contributed by atoms with van der Waals surface area (Å²) in [4.78, 5) is 0. The van der Waals surface area contributed by atoms with Gasteiger partial charge in [0.1, 0.15) is 0 Å². The van der Waals surface area contributed by atoms with Crippen molar-refractivity contribution in [3.8, 4) is 22.6 Å². The highest BCUT2D eigenvalue weighted by atomic mass is 16.7. The van der Waals surface area contributed by atoms with Gasteiger partial charge in [-0.25, -0.2) is 0 Å². The van der Waals surface area contributed by atoms with Gasteiger partial charge < -0.3 is 9.47 Å². The third-order valence-corrected chi connectivity index (χ3v) is 2.66. The molecule has 0 fully saturated rings. The summed E-state index contributed by atoms with van der Waals surface area (Å²) in [5, 5.41) is 0. The molecule has 0 saturated heterocycles. The number of fused-ring (bicyclic) bond motifs is 1. The van der Waals surface area contributed by atoms with Gasteiger partial charge in [-0.1, -0.05) is 30.3 Å².